The van der Waals surface area contributed by atoms with Gasteiger partial charge in [0.2, 0.25) is 0 Å². The number of carbonyl (C=O) groups excluding carboxylic acids is 1. The van der Waals surface area contributed by atoms with Crippen molar-refractivity contribution in [2.45, 2.75) is 13.5 Å². The van der Waals surface area contributed by atoms with E-state index in [0.717, 1.165) is 22.2 Å². The summed E-state index contributed by atoms with van der Waals surface area (Å²) in [6, 6.07) is 6.16. The molecule has 0 aliphatic rings. The van der Waals surface area contributed by atoms with Gasteiger partial charge in [-0.15, -0.1) is 11.3 Å². The van der Waals surface area contributed by atoms with Gasteiger partial charge in [-0.1, -0.05) is 0 Å². The van der Waals surface area contributed by atoms with Crippen LogP contribution in [0.25, 0.3) is 11.3 Å². The van der Waals surface area contributed by atoms with Crippen LogP contribution in [-0.4, -0.2) is 26.2 Å². The number of alkyl halides is 2. The van der Waals surface area contributed by atoms with Crippen LogP contribution in [0.4, 0.5) is 13.9 Å². The first-order chi connectivity index (χ1) is 11.5. The molecule has 0 fully saturated rings. The summed E-state index contributed by atoms with van der Waals surface area (Å²) in [7, 11) is 0. The molecule has 2 aromatic heterocycles. The van der Waals surface area contributed by atoms with Gasteiger partial charge in [-0.25, -0.2) is 4.98 Å². The van der Waals surface area contributed by atoms with Gasteiger partial charge in [-0.2, -0.15) is 17.5 Å². The molecule has 0 saturated heterocycles. The monoisotopic (exact) mass is 368 g/mol. The van der Waals surface area contributed by atoms with Crippen LogP contribution in [-0.2, 0) is 0 Å². The standard InChI is InChI=1S/C14H10F2N4O2S2/c1-7-11(8-2-4-9(5-3-8)22-13(15)16)18-14(23-7)19-12(21)10-6-17-24-20-10/h2-6,13H,1H3,(H,18,19,21). The Bertz CT molecular complexity index is 835. The quantitative estimate of drug-likeness (QED) is 0.741. The first kappa shape index (κ1) is 16.4. The highest BCUT2D eigenvalue weighted by atomic mass is 32.1. The Morgan fingerprint density at radius 1 is 1.29 bits per heavy atom. The maximum atomic E-state index is 12.2. The molecular weight excluding hydrogens is 358 g/mol. The minimum absolute atomic E-state index is 0.0752. The number of rotatable bonds is 5. The van der Waals surface area contributed by atoms with Crippen LogP contribution in [0.2, 0.25) is 0 Å². The highest BCUT2D eigenvalue weighted by Gasteiger charge is 2.15. The smallest absolute Gasteiger partial charge is 0.387 e. The number of hydrogen-bond donors (Lipinski definition) is 1. The molecule has 6 nitrogen and oxygen atoms in total. The van der Waals surface area contributed by atoms with E-state index in [9.17, 15) is 13.6 Å². The second-order valence-electron chi connectivity index (χ2n) is 4.57. The number of aryl methyl sites for hydroxylation is 1. The zero-order chi connectivity index (χ0) is 17.1. The van der Waals surface area contributed by atoms with E-state index < -0.39 is 6.61 Å². The summed E-state index contributed by atoms with van der Waals surface area (Å²) < 4.78 is 36.3. The van der Waals surface area contributed by atoms with Crippen molar-refractivity contribution in [3.8, 4) is 17.0 Å². The minimum atomic E-state index is -2.86. The molecule has 1 amide bonds. The number of nitrogens with one attached hydrogen (secondary N) is 1. The first-order valence-corrected chi connectivity index (χ1v) is 8.19. The van der Waals surface area contributed by atoms with E-state index in [1.54, 1.807) is 12.1 Å². The molecular formula is C14H10F2N4O2S2. The number of anilines is 1. The average molecular weight is 368 g/mol. The van der Waals surface area contributed by atoms with Crippen LogP contribution in [0.5, 0.6) is 5.75 Å². The number of halogens is 2. The van der Waals surface area contributed by atoms with Gasteiger partial charge < -0.3 is 4.74 Å². The predicted molar refractivity (Wildman–Crippen MR) is 86.8 cm³/mol. The van der Waals surface area contributed by atoms with Crippen LogP contribution in [0.15, 0.2) is 30.5 Å². The van der Waals surface area contributed by atoms with Crippen LogP contribution >= 0.6 is 23.1 Å². The predicted octanol–water partition coefficient (Wildman–Crippen LogP) is 3.82. The Balaban J connectivity index is 1.77. The normalized spacial score (nSPS) is 10.8. The number of benzene rings is 1. The molecule has 124 valence electrons. The lowest BCUT2D eigenvalue weighted by atomic mass is 10.1. The van der Waals surface area contributed by atoms with Crippen molar-refractivity contribution >= 4 is 34.1 Å². The maximum Gasteiger partial charge on any atom is 0.387 e. The van der Waals surface area contributed by atoms with Gasteiger partial charge in [-0.05, 0) is 31.2 Å². The van der Waals surface area contributed by atoms with Gasteiger partial charge in [0.15, 0.2) is 10.8 Å². The van der Waals surface area contributed by atoms with E-state index in [1.165, 1.54) is 29.7 Å². The van der Waals surface area contributed by atoms with Crippen molar-refractivity contribution in [1.29, 1.82) is 0 Å². The fourth-order valence-corrected chi connectivity index (χ4v) is 3.18. The lowest BCUT2D eigenvalue weighted by molar-refractivity contribution is -0.0498. The molecule has 0 atom stereocenters. The van der Waals surface area contributed by atoms with E-state index in [0.29, 0.717) is 10.8 Å². The molecule has 0 spiro atoms. The van der Waals surface area contributed by atoms with Gasteiger partial charge in [0, 0.05) is 10.4 Å². The highest BCUT2D eigenvalue weighted by molar-refractivity contribution is 7.16. The fourth-order valence-electron chi connectivity index (χ4n) is 1.94. The van der Waals surface area contributed by atoms with Crippen molar-refractivity contribution in [3.05, 3.63) is 41.0 Å². The molecule has 2 heterocycles. The zero-order valence-electron chi connectivity index (χ0n) is 12.2. The summed E-state index contributed by atoms with van der Waals surface area (Å²) >= 11 is 2.26. The molecule has 0 aliphatic carbocycles. The van der Waals surface area contributed by atoms with Crippen molar-refractivity contribution in [2.75, 3.05) is 5.32 Å². The number of carbonyl (C=O) groups is 1. The summed E-state index contributed by atoms with van der Waals surface area (Å²) in [4.78, 5) is 17.2. The molecule has 1 aromatic carbocycles. The lowest BCUT2D eigenvalue weighted by Gasteiger charge is -2.05. The SMILES string of the molecule is Cc1sc(NC(=O)c2cnsn2)nc1-c1ccc(OC(F)F)cc1. The Hall–Kier alpha value is -2.46. The summed E-state index contributed by atoms with van der Waals surface area (Å²) in [6.07, 6.45) is 1.38. The lowest BCUT2D eigenvalue weighted by Crippen LogP contribution is -2.11. The van der Waals surface area contributed by atoms with E-state index >= 15 is 0 Å². The van der Waals surface area contributed by atoms with Gasteiger partial charge in [0.1, 0.15) is 5.75 Å². The van der Waals surface area contributed by atoms with Gasteiger partial charge >= 0.3 is 6.61 Å². The first-order valence-electron chi connectivity index (χ1n) is 6.64. The molecule has 1 N–H and O–H groups in total. The Kier molecular flexibility index (Phi) is 4.76. The Morgan fingerprint density at radius 3 is 2.67 bits per heavy atom. The third-order valence-electron chi connectivity index (χ3n) is 2.96. The summed E-state index contributed by atoms with van der Waals surface area (Å²) in [6.45, 7) is -1.00. The summed E-state index contributed by atoms with van der Waals surface area (Å²) in [5.41, 5.74) is 1.62. The third kappa shape index (κ3) is 3.71. The topological polar surface area (TPSA) is 77.0 Å². The molecule has 24 heavy (non-hydrogen) atoms. The fraction of sp³-hybridized carbons (Fsp3) is 0.143. The minimum Gasteiger partial charge on any atom is -0.435 e. The molecule has 0 saturated carbocycles. The number of nitrogens with zero attached hydrogens (tertiary/aromatic N) is 3. The van der Waals surface area contributed by atoms with Crippen molar-refractivity contribution < 1.29 is 18.3 Å². The third-order valence-corrected chi connectivity index (χ3v) is 4.33. The second-order valence-corrected chi connectivity index (χ2v) is 6.33. The zero-order valence-corrected chi connectivity index (χ0v) is 13.8. The number of amides is 1. The highest BCUT2D eigenvalue weighted by Crippen LogP contribution is 2.31. The number of ether oxygens (including phenoxy) is 1. The number of hydrogen-bond acceptors (Lipinski definition) is 7. The molecule has 0 radical (unpaired) electrons. The van der Waals surface area contributed by atoms with Crippen LogP contribution < -0.4 is 10.1 Å². The Labute approximate surface area is 143 Å². The number of thiazole rings is 1. The second kappa shape index (κ2) is 6.97. The van der Waals surface area contributed by atoms with Crippen molar-refractivity contribution in [2.24, 2.45) is 0 Å². The van der Waals surface area contributed by atoms with E-state index in [-0.39, 0.29) is 17.4 Å². The van der Waals surface area contributed by atoms with Crippen LogP contribution in [0.3, 0.4) is 0 Å². The van der Waals surface area contributed by atoms with Crippen molar-refractivity contribution in [1.82, 2.24) is 13.7 Å². The molecule has 3 rings (SSSR count). The van der Waals surface area contributed by atoms with E-state index in [1.807, 2.05) is 6.92 Å². The van der Waals surface area contributed by atoms with Gasteiger partial charge in [0.25, 0.3) is 5.91 Å². The van der Waals surface area contributed by atoms with Crippen LogP contribution in [0.1, 0.15) is 15.4 Å². The molecule has 3 aromatic rings. The van der Waals surface area contributed by atoms with Gasteiger partial charge in [0.05, 0.1) is 23.6 Å². The van der Waals surface area contributed by atoms with Crippen LogP contribution in [0, 0.1) is 6.92 Å². The van der Waals surface area contributed by atoms with E-state index in [4.69, 9.17) is 0 Å². The molecule has 0 bridgehead atoms. The summed E-state index contributed by atoms with van der Waals surface area (Å²) in [5, 5.41) is 3.09. The maximum absolute atomic E-state index is 12.2. The number of aromatic nitrogens is 3. The Morgan fingerprint density at radius 2 is 2.04 bits per heavy atom. The van der Waals surface area contributed by atoms with Gasteiger partial charge in [-0.3, -0.25) is 10.1 Å². The average Bonchev–Trinajstić information content (AvgIpc) is 3.17. The molecule has 10 heteroatoms. The molecule has 0 aliphatic heterocycles. The van der Waals surface area contributed by atoms with Crippen molar-refractivity contribution in [3.63, 3.8) is 0 Å². The molecule has 0 unspecified atom stereocenters. The van der Waals surface area contributed by atoms with E-state index in [2.05, 4.69) is 23.8 Å². The largest absolute Gasteiger partial charge is 0.435 e. The summed E-state index contributed by atoms with van der Waals surface area (Å²) in [5.74, 6) is -0.309.